The van der Waals surface area contributed by atoms with Gasteiger partial charge in [-0.2, -0.15) is 0 Å². The maximum absolute atomic E-state index is 12.1. The third-order valence-corrected chi connectivity index (χ3v) is 9.88. The molecule has 3 atom stereocenters. The summed E-state index contributed by atoms with van der Waals surface area (Å²) >= 11 is 0. The fraction of sp³-hybridized carbons (Fsp3) is 0.750. The predicted molar refractivity (Wildman–Crippen MR) is 102 cm³/mol. The zero-order chi connectivity index (χ0) is 20.6. The summed E-state index contributed by atoms with van der Waals surface area (Å²) in [5.74, 6) is 0. The van der Waals surface area contributed by atoms with Crippen molar-refractivity contribution in [2.75, 3.05) is 6.61 Å². The Morgan fingerprint density at radius 2 is 2.15 bits per heavy atom. The fourth-order valence-electron chi connectivity index (χ4n) is 2.53. The van der Waals surface area contributed by atoms with Crippen LogP contribution < -0.4 is 11.2 Å². The highest BCUT2D eigenvalue weighted by atomic mass is 28.4. The maximum atomic E-state index is 12.1. The van der Waals surface area contributed by atoms with Gasteiger partial charge in [-0.3, -0.25) is 14.3 Å². The molecule has 1 fully saturated rings. The molecular weight excluding hydrogens is 370 g/mol. The van der Waals surface area contributed by atoms with Crippen molar-refractivity contribution < 1.29 is 14.3 Å². The van der Waals surface area contributed by atoms with E-state index in [4.69, 9.17) is 14.7 Å². The van der Waals surface area contributed by atoms with Crippen molar-refractivity contribution in [3.05, 3.63) is 43.0 Å². The first-order valence-electron chi connectivity index (χ1n) is 8.71. The third-order valence-electron chi connectivity index (χ3n) is 5.40. The second-order valence-corrected chi connectivity index (χ2v) is 13.2. The fourth-order valence-corrected chi connectivity index (χ4v) is 3.53. The van der Waals surface area contributed by atoms with Gasteiger partial charge in [-0.25, -0.2) is 4.79 Å². The molecule has 1 aromatic heterocycles. The molecule has 0 spiro atoms. The number of hydrogen-bond acceptors (Lipinski definition) is 6. The van der Waals surface area contributed by atoms with Crippen LogP contribution in [0.2, 0.25) is 18.1 Å². The van der Waals surface area contributed by atoms with Crippen LogP contribution in [-0.4, -0.2) is 41.4 Å². The van der Waals surface area contributed by atoms with Crippen LogP contribution >= 0.6 is 0 Å². The molecule has 0 radical (unpaired) electrons. The summed E-state index contributed by atoms with van der Waals surface area (Å²) in [4.78, 5) is 28.7. The molecule has 1 aromatic rings. The molecular formula is C16H27N5O5Si. The lowest BCUT2D eigenvalue weighted by Gasteiger charge is -2.39. The Hall–Kier alpha value is -1.91. The van der Waals surface area contributed by atoms with Crippen LogP contribution in [0.4, 0.5) is 0 Å². The Kier molecular flexibility index (Phi) is 5.74. The summed E-state index contributed by atoms with van der Waals surface area (Å²) in [5.41, 5.74) is 6.53. The number of aryl methyl sites for hydroxylation is 1. The van der Waals surface area contributed by atoms with Crippen LogP contribution in [0.15, 0.2) is 20.9 Å². The van der Waals surface area contributed by atoms with Crippen molar-refractivity contribution in [1.82, 2.24) is 9.55 Å². The van der Waals surface area contributed by atoms with Gasteiger partial charge in [-0.1, -0.05) is 25.9 Å². The molecule has 1 aliphatic heterocycles. The van der Waals surface area contributed by atoms with E-state index in [0.29, 0.717) is 5.56 Å². The van der Waals surface area contributed by atoms with E-state index in [1.54, 1.807) is 6.92 Å². The molecule has 0 unspecified atom stereocenters. The van der Waals surface area contributed by atoms with E-state index in [9.17, 15) is 14.7 Å². The van der Waals surface area contributed by atoms with Gasteiger partial charge in [0.05, 0.1) is 12.7 Å². The molecule has 11 heteroatoms. The summed E-state index contributed by atoms with van der Waals surface area (Å²) in [6.45, 7) is 11.7. The van der Waals surface area contributed by atoms with Crippen LogP contribution in [0.5, 0.6) is 0 Å². The molecule has 2 rings (SSSR count). The topological polar surface area (TPSA) is 142 Å². The van der Waals surface area contributed by atoms with Crippen LogP contribution in [0.1, 0.15) is 39.0 Å². The number of aliphatic hydroxyl groups is 1. The minimum atomic E-state index is -2.20. The van der Waals surface area contributed by atoms with Crippen molar-refractivity contribution in [2.45, 2.75) is 70.3 Å². The predicted octanol–water partition coefficient (Wildman–Crippen LogP) is 2.15. The molecule has 0 aliphatic carbocycles. The molecule has 0 saturated carbocycles. The standard InChI is InChI=1S/C16H27N5O5Si/c1-10-8-21(14(24)18-13(10)23)12-7-11(22)16(26-12,19-20-17)9-25-27(5,6)15(2,3)4/h8,11-12,22H,7,9H2,1-6H3,(H,18,23,24)/t11-,12+,16+/m0/s1. The van der Waals surface area contributed by atoms with Crippen LogP contribution in [0.3, 0.4) is 0 Å². The van der Waals surface area contributed by atoms with E-state index in [-0.39, 0.29) is 18.1 Å². The van der Waals surface area contributed by atoms with Crippen molar-refractivity contribution in [3.63, 3.8) is 0 Å². The number of nitrogens with one attached hydrogen (secondary N) is 1. The zero-order valence-corrected chi connectivity index (χ0v) is 17.5. The molecule has 1 saturated heterocycles. The number of aliphatic hydroxyl groups excluding tert-OH is 1. The van der Waals surface area contributed by atoms with Gasteiger partial charge in [-0.15, -0.1) is 0 Å². The number of nitrogens with zero attached hydrogens (tertiary/aromatic N) is 4. The Balaban J connectivity index is 2.34. The van der Waals surface area contributed by atoms with E-state index in [1.807, 2.05) is 13.1 Å². The largest absolute Gasteiger partial charge is 0.414 e. The van der Waals surface area contributed by atoms with Gasteiger partial charge in [0.15, 0.2) is 14.0 Å². The van der Waals surface area contributed by atoms with E-state index in [0.717, 1.165) is 0 Å². The molecule has 0 aromatic carbocycles. The minimum absolute atomic E-state index is 0.0191. The number of rotatable bonds is 5. The molecule has 2 N–H and O–H groups in total. The Labute approximate surface area is 157 Å². The number of aromatic amines is 1. The van der Waals surface area contributed by atoms with Gasteiger partial charge in [-0.05, 0) is 30.6 Å². The highest BCUT2D eigenvalue weighted by molar-refractivity contribution is 6.74. The SMILES string of the molecule is Cc1cn([C@H]2C[C@H](O)[C@](CO[Si](C)(C)C(C)(C)C)(N=[N+]=[N-])O2)c(=O)[nH]c1=O. The highest BCUT2D eigenvalue weighted by Gasteiger charge is 2.51. The first kappa shape index (κ1) is 21.4. The first-order chi connectivity index (χ1) is 12.3. The summed E-state index contributed by atoms with van der Waals surface area (Å²) in [6.07, 6.45) is -0.677. The number of azide groups is 1. The van der Waals surface area contributed by atoms with Crippen molar-refractivity contribution in [3.8, 4) is 0 Å². The first-order valence-corrected chi connectivity index (χ1v) is 11.6. The van der Waals surface area contributed by atoms with Crippen molar-refractivity contribution in [1.29, 1.82) is 0 Å². The number of aromatic nitrogens is 2. The number of ether oxygens (including phenoxy) is 1. The van der Waals surface area contributed by atoms with Crippen molar-refractivity contribution >= 4 is 8.32 Å². The summed E-state index contributed by atoms with van der Waals surface area (Å²) in [7, 11) is -2.20. The summed E-state index contributed by atoms with van der Waals surface area (Å²) in [6, 6.07) is 0. The Bertz CT molecular complexity index is 867. The van der Waals surface area contributed by atoms with Gasteiger partial charge in [0, 0.05) is 23.1 Å². The maximum Gasteiger partial charge on any atom is 0.330 e. The van der Waals surface area contributed by atoms with E-state index >= 15 is 0 Å². The molecule has 1 aliphatic rings. The van der Waals surface area contributed by atoms with E-state index in [1.165, 1.54) is 10.8 Å². The average Bonchev–Trinajstić information content (AvgIpc) is 2.85. The van der Waals surface area contributed by atoms with Gasteiger partial charge in [0.1, 0.15) is 6.23 Å². The number of hydrogen-bond donors (Lipinski definition) is 2. The lowest BCUT2D eigenvalue weighted by molar-refractivity contribution is -0.121. The molecule has 10 nitrogen and oxygen atoms in total. The van der Waals surface area contributed by atoms with Crippen LogP contribution in [-0.2, 0) is 9.16 Å². The van der Waals surface area contributed by atoms with Crippen LogP contribution in [0.25, 0.3) is 10.4 Å². The monoisotopic (exact) mass is 397 g/mol. The third kappa shape index (κ3) is 4.17. The Morgan fingerprint density at radius 1 is 1.52 bits per heavy atom. The molecule has 2 heterocycles. The van der Waals surface area contributed by atoms with Crippen LogP contribution in [0, 0.1) is 6.92 Å². The van der Waals surface area contributed by atoms with Gasteiger partial charge >= 0.3 is 5.69 Å². The molecule has 0 bridgehead atoms. The second-order valence-electron chi connectivity index (χ2n) is 8.39. The normalized spacial score (nSPS) is 26.0. The smallest absolute Gasteiger partial charge is 0.330 e. The molecule has 27 heavy (non-hydrogen) atoms. The van der Waals surface area contributed by atoms with E-state index < -0.39 is 37.6 Å². The highest BCUT2D eigenvalue weighted by Crippen LogP contribution is 2.41. The quantitative estimate of drug-likeness (QED) is 0.339. The average molecular weight is 398 g/mol. The number of H-pyrrole nitrogens is 1. The van der Waals surface area contributed by atoms with Crippen molar-refractivity contribution in [2.24, 2.45) is 5.11 Å². The van der Waals surface area contributed by atoms with Gasteiger partial charge in [0.25, 0.3) is 5.56 Å². The minimum Gasteiger partial charge on any atom is -0.414 e. The lowest BCUT2D eigenvalue weighted by atomic mass is 10.1. The van der Waals surface area contributed by atoms with E-state index in [2.05, 4.69) is 35.8 Å². The molecule has 150 valence electrons. The lowest BCUT2D eigenvalue weighted by Crippen LogP contribution is -2.49. The molecule has 0 amide bonds. The summed E-state index contributed by atoms with van der Waals surface area (Å²) < 4.78 is 13.1. The Morgan fingerprint density at radius 3 is 2.70 bits per heavy atom. The summed E-state index contributed by atoms with van der Waals surface area (Å²) in [5, 5.41) is 14.2. The second kappa shape index (κ2) is 7.25. The van der Waals surface area contributed by atoms with Gasteiger partial charge in [0.2, 0.25) is 0 Å². The zero-order valence-electron chi connectivity index (χ0n) is 16.5. The van der Waals surface area contributed by atoms with Gasteiger partial charge < -0.3 is 14.3 Å².